The highest BCUT2D eigenvalue weighted by Gasteiger charge is 2.47. The lowest BCUT2D eigenvalue weighted by Crippen LogP contribution is -2.47. The molecule has 1 amide bonds. The van der Waals surface area contributed by atoms with Crippen molar-refractivity contribution in [3.05, 3.63) is 11.7 Å². The number of aryl methyl sites for hydroxylation is 1. The zero-order valence-electron chi connectivity index (χ0n) is 13.1. The lowest BCUT2D eigenvalue weighted by molar-refractivity contribution is -0.152. The van der Waals surface area contributed by atoms with Crippen molar-refractivity contribution in [3.8, 4) is 0 Å². The van der Waals surface area contributed by atoms with Crippen LogP contribution in [0.2, 0.25) is 0 Å². The van der Waals surface area contributed by atoms with Gasteiger partial charge in [-0.3, -0.25) is 4.79 Å². The zero-order valence-corrected chi connectivity index (χ0v) is 13.1. The number of hydrogen-bond donors (Lipinski definition) is 1. The summed E-state index contributed by atoms with van der Waals surface area (Å²) in [4.78, 5) is 29.5. The predicted octanol–water partition coefficient (Wildman–Crippen LogP) is 1.14. The van der Waals surface area contributed by atoms with E-state index in [1.54, 1.807) is 6.92 Å². The molecular weight excluding hydrogens is 302 g/mol. The Hall–Kier alpha value is -1.96. The molecule has 8 nitrogen and oxygen atoms in total. The minimum absolute atomic E-state index is 0.0339. The summed E-state index contributed by atoms with van der Waals surface area (Å²) >= 11 is 0. The third-order valence-corrected chi connectivity index (χ3v) is 4.68. The Labute approximate surface area is 133 Å². The van der Waals surface area contributed by atoms with Crippen molar-refractivity contribution >= 4 is 11.9 Å². The number of aliphatic carboxylic acids is 1. The van der Waals surface area contributed by atoms with Crippen molar-refractivity contribution in [1.82, 2.24) is 15.0 Å². The number of ether oxygens (including phenoxy) is 1. The third-order valence-electron chi connectivity index (χ3n) is 4.68. The van der Waals surface area contributed by atoms with Gasteiger partial charge in [-0.05, 0) is 32.1 Å². The highest BCUT2D eigenvalue weighted by Crippen LogP contribution is 2.39. The summed E-state index contributed by atoms with van der Waals surface area (Å²) in [6, 6.07) is -0.698. The van der Waals surface area contributed by atoms with E-state index in [0.717, 1.165) is 25.7 Å². The van der Waals surface area contributed by atoms with Crippen molar-refractivity contribution in [2.75, 3.05) is 6.61 Å². The summed E-state index contributed by atoms with van der Waals surface area (Å²) in [5.74, 6) is -0.0942. The standard InChI is InChI=1S/C15H21N3O5/c1-9-16-13(23-17-9)7-22-8-14(19)18-11-5-3-2-4-10(11)6-12(18)15(20)21/h10-12H,2-8H2,1H3,(H,20,21)/t10-,11-,12+/m1/s1. The minimum Gasteiger partial charge on any atom is -0.480 e. The number of rotatable bonds is 5. The van der Waals surface area contributed by atoms with Gasteiger partial charge in [-0.25, -0.2) is 4.79 Å². The van der Waals surface area contributed by atoms with Crippen LogP contribution in [0.15, 0.2) is 4.52 Å². The summed E-state index contributed by atoms with van der Waals surface area (Å²) in [5.41, 5.74) is 0. The SMILES string of the molecule is Cc1noc(COCC(=O)N2[C@@H]3CCCC[C@@H]3C[C@H]2C(=O)O)n1. The molecule has 3 atom stereocenters. The topological polar surface area (TPSA) is 106 Å². The number of fused-ring (bicyclic) bond motifs is 1. The van der Waals surface area contributed by atoms with Crippen molar-refractivity contribution in [1.29, 1.82) is 0 Å². The average Bonchev–Trinajstić information content (AvgIpc) is 3.10. The van der Waals surface area contributed by atoms with Gasteiger partial charge in [0.15, 0.2) is 5.82 Å². The molecule has 1 saturated carbocycles. The van der Waals surface area contributed by atoms with Gasteiger partial charge in [0.25, 0.3) is 5.89 Å². The number of hydrogen-bond acceptors (Lipinski definition) is 6. The number of carbonyl (C=O) groups is 2. The number of aromatic nitrogens is 2. The second-order valence-electron chi connectivity index (χ2n) is 6.23. The maximum atomic E-state index is 12.5. The summed E-state index contributed by atoms with van der Waals surface area (Å²) in [5, 5.41) is 13.1. The highest BCUT2D eigenvalue weighted by molar-refractivity contribution is 5.85. The molecule has 0 spiro atoms. The molecule has 23 heavy (non-hydrogen) atoms. The van der Waals surface area contributed by atoms with Crippen LogP contribution < -0.4 is 0 Å². The van der Waals surface area contributed by atoms with E-state index in [-0.39, 0.29) is 25.2 Å². The molecule has 2 aliphatic rings. The van der Waals surface area contributed by atoms with Gasteiger partial charge in [0.05, 0.1) is 0 Å². The van der Waals surface area contributed by atoms with Crippen LogP contribution in [0.4, 0.5) is 0 Å². The van der Waals surface area contributed by atoms with Gasteiger partial charge in [-0.15, -0.1) is 0 Å². The van der Waals surface area contributed by atoms with Gasteiger partial charge in [-0.2, -0.15) is 4.98 Å². The van der Waals surface area contributed by atoms with Gasteiger partial charge in [0, 0.05) is 6.04 Å². The van der Waals surface area contributed by atoms with Gasteiger partial charge >= 0.3 is 5.97 Å². The Kier molecular flexibility index (Phi) is 4.61. The van der Waals surface area contributed by atoms with E-state index in [9.17, 15) is 14.7 Å². The largest absolute Gasteiger partial charge is 0.480 e. The number of likely N-dealkylation sites (tertiary alicyclic amines) is 1. The molecular formula is C15H21N3O5. The van der Waals surface area contributed by atoms with Gasteiger partial charge in [0.1, 0.15) is 19.3 Å². The fourth-order valence-electron chi connectivity index (χ4n) is 3.74. The fraction of sp³-hybridized carbons (Fsp3) is 0.733. The Morgan fingerprint density at radius 3 is 2.87 bits per heavy atom. The molecule has 2 heterocycles. The smallest absolute Gasteiger partial charge is 0.326 e. The maximum absolute atomic E-state index is 12.5. The Bertz CT molecular complexity index is 587. The van der Waals surface area contributed by atoms with E-state index in [1.807, 2.05) is 0 Å². The lowest BCUT2D eigenvalue weighted by Gasteiger charge is -2.32. The molecule has 0 aromatic carbocycles. The molecule has 2 fully saturated rings. The van der Waals surface area contributed by atoms with E-state index < -0.39 is 12.0 Å². The van der Waals surface area contributed by atoms with Crippen LogP contribution in [-0.4, -0.2) is 50.7 Å². The molecule has 1 aromatic heterocycles. The Morgan fingerprint density at radius 2 is 2.17 bits per heavy atom. The van der Waals surface area contributed by atoms with E-state index >= 15 is 0 Å². The number of carbonyl (C=O) groups excluding carboxylic acids is 1. The summed E-state index contributed by atoms with van der Waals surface area (Å²) in [7, 11) is 0. The molecule has 0 bridgehead atoms. The van der Waals surface area contributed by atoms with E-state index in [4.69, 9.17) is 9.26 Å². The molecule has 0 radical (unpaired) electrons. The molecule has 1 saturated heterocycles. The molecule has 126 valence electrons. The van der Waals surface area contributed by atoms with Gasteiger partial charge in [-0.1, -0.05) is 18.0 Å². The average molecular weight is 323 g/mol. The number of amides is 1. The quantitative estimate of drug-likeness (QED) is 0.866. The minimum atomic E-state index is -0.930. The second kappa shape index (κ2) is 6.66. The first-order chi connectivity index (χ1) is 11.1. The fourth-order valence-corrected chi connectivity index (χ4v) is 3.74. The van der Waals surface area contributed by atoms with Crippen molar-refractivity contribution in [3.63, 3.8) is 0 Å². The number of nitrogens with zero attached hydrogens (tertiary/aromatic N) is 3. The summed E-state index contributed by atoms with van der Waals surface area (Å²) in [6.45, 7) is 1.57. The van der Waals surface area contributed by atoms with Crippen LogP contribution in [-0.2, 0) is 20.9 Å². The molecule has 1 aliphatic heterocycles. The van der Waals surface area contributed by atoms with Crippen molar-refractivity contribution in [2.45, 2.75) is 57.7 Å². The zero-order chi connectivity index (χ0) is 16.4. The molecule has 0 unspecified atom stereocenters. The van der Waals surface area contributed by atoms with Gasteiger partial charge in [0.2, 0.25) is 5.91 Å². The van der Waals surface area contributed by atoms with E-state index in [0.29, 0.717) is 24.1 Å². The van der Waals surface area contributed by atoms with E-state index in [1.165, 1.54) is 4.90 Å². The molecule has 1 aromatic rings. The first-order valence-corrected chi connectivity index (χ1v) is 7.97. The molecule has 1 N–H and O–H groups in total. The highest BCUT2D eigenvalue weighted by atomic mass is 16.5. The monoisotopic (exact) mass is 323 g/mol. The summed E-state index contributed by atoms with van der Waals surface area (Å²) < 4.78 is 10.2. The lowest BCUT2D eigenvalue weighted by atomic mass is 9.85. The number of carboxylic acid groups (broad SMARTS) is 1. The first kappa shape index (κ1) is 15.9. The van der Waals surface area contributed by atoms with E-state index in [2.05, 4.69) is 10.1 Å². The normalized spacial score (nSPS) is 27.0. The second-order valence-corrected chi connectivity index (χ2v) is 6.23. The number of carboxylic acids is 1. The molecule has 3 rings (SSSR count). The molecule has 8 heteroatoms. The van der Waals surface area contributed by atoms with Crippen molar-refractivity contribution in [2.24, 2.45) is 5.92 Å². The van der Waals surface area contributed by atoms with Gasteiger partial charge < -0.3 is 19.3 Å². The Morgan fingerprint density at radius 1 is 1.39 bits per heavy atom. The molecule has 1 aliphatic carbocycles. The predicted molar refractivity (Wildman–Crippen MR) is 77.3 cm³/mol. The Balaban J connectivity index is 1.60. The van der Waals surface area contributed by atoms with Crippen LogP contribution in [0.5, 0.6) is 0 Å². The third kappa shape index (κ3) is 3.36. The maximum Gasteiger partial charge on any atom is 0.326 e. The summed E-state index contributed by atoms with van der Waals surface area (Å²) in [6.07, 6.45) is 4.58. The van der Waals surface area contributed by atoms with Crippen LogP contribution in [0, 0.1) is 12.8 Å². The van der Waals surface area contributed by atoms with Crippen LogP contribution >= 0.6 is 0 Å². The van der Waals surface area contributed by atoms with Crippen LogP contribution in [0.1, 0.15) is 43.8 Å². The van der Waals surface area contributed by atoms with Crippen molar-refractivity contribution < 1.29 is 24.0 Å². The first-order valence-electron chi connectivity index (χ1n) is 7.97. The van der Waals surface area contributed by atoms with Crippen LogP contribution in [0.25, 0.3) is 0 Å². The van der Waals surface area contributed by atoms with Crippen LogP contribution in [0.3, 0.4) is 0 Å².